The van der Waals surface area contributed by atoms with Crippen molar-refractivity contribution in [3.05, 3.63) is 20.3 Å². The molecule has 108 valence electrons. The summed E-state index contributed by atoms with van der Waals surface area (Å²) in [4.78, 5) is 15.4. The quantitative estimate of drug-likeness (QED) is 0.743. The van der Waals surface area contributed by atoms with Gasteiger partial charge >= 0.3 is 0 Å². The number of nitrogens with zero attached hydrogens (tertiary/aromatic N) is 1. The number of hydrogen-bond acceptors (Lipinski definition) is 3. The number of carbonyl (C=O) groups is 1. The fourth-order valence-corrected chi connectivity index (χ4v) is 3.57. The Kier molecular flexibility index (Phi) is 7.04. The monoisotopic (exact) mass is 347 g/mol. The van der Waals surface area contributed by atoms with Crippen LogP contribution in [0.1, 0.15) is 41.9 Å². The zero-order valence-electron chi connectivity index (χ0n) is 12.0. The normalized spacial score (nSPS) is 11.1. The molecular formula is C14H22BrNO2S. The number of ether oxygens (including phenoxy) is 1. The topological polar surface area (TPSA) is 29.5 Å². The molecule has 1 amide bonds. The van der Waals surface area contributed by atoms with Crippen molar-refractivity contribution in [2.24, 2.45) is 0 Å². The summed E-state index contributed by atoms with van der Waals surface area (Å²) in [5.74, 6) is 0.115. The first-order valence-corrected chi connectivity index (χ1v) is 8.21. The van der Waals surface area contributed by atoms with Crippen LogP contribution in [0.5, 0.6) is 0 Å². The summed E-state index contributed by atoms with van der Waals surface area (Å²) in [6.07, 6.45) is 1.94. The van der Waals surface area contributed by atoms with E-state index in [1.807, 2.05) is 17.9 Å². The SMILES string of the molecule is CCC(CC)N(CCOC)C(=O)c1cc(C)c(Br)s1. The smallest absolute Gasteiger partial charge is 0.264 e. The van der Waals surface area contributed by atoms with Gasteiger partial charge in [-0.25, -0.2) is 0 Å². The van der Waals surface area contributed by atoms with Crippen molar-refractivity contribution in [2.75, 3.05) is 20.3 Å². The lowest BCUT2D eigenvalue weighted by molar-refractivity contribution is 0.0594. The molecule has 0 atom stereocenters. The first kappa shape index (κ1) is 16.7. The van der Waals surface area contributed by atoms with Gasteiger partial charge in [-0.05, 0) is 47.3 Å². The molecule has 0 aliphatic heterocycles. The minimum atomic E-state index is 0.115. The van der Waals surface area contributed by atoms with Crippen LogP contribution >= 0.6 is 27.3 Å². The summed E-state index contributed by atoms with van der Waals surface area (Å²) in [6, 6.07) is 2.24. The zero-order chi connectivity index (χ0) is 14.4. The lowest BCUT2D eigenvalue weighted by Crippen LogP contribution is -2.41. The summed E-state index contributed by atoms with van der Waals surface area (Å²) in [5.41, 5.74) is 1.12. The molecular weight excluding hydrogens is 326 g/mol. The van der Waals surface area contributed by atoms with E-state index in [1.54, 1.807) is 7.11 Å². The van der Waals surface area contributed by atoms with Crippen LogP contribution in [0.3, 0.4) is 0 Å². The van der Waals surface area contributed by atoms with E-state index in [-0.39, 0.29) is 11.9 Å². The van der Waals surface area contributed by atoms with Crippen LogP contribution in [-0.4, -0.2) is 37.1 Å². The zero-order valence-corrected chi connectivity index (χ0v) is 14.4. The van der Waals surface area contributed by atoms with Crippen LogP contribution in [0.15, 0.2) is 9.85 Å². The first-order chi connectivity index (χ1) is 9.04. The van der Waals surface area contributed by atoms with Gasteiger partial charge in [-0.15, -0.1) is 11.3 Å². The Balaban J connectivity index is 2.92. The summed E-state index contributed by atoms with van der Waals surface area (Å²) in [6.45, 7) is 7.48. The standard InChI is InChI=1S/C14H22BrNO2S/c1-5-11(6-2)16(7-8-18-4)14(17)12-9-10(3)13(15)19-12/h9,11H,5-8H2,1-4H3. The highest BCUT2D eigenvalue weighted by Gasteiger charge is 2.23. The Labute approximate surface area is 128 Å². The van der Waals surface area contributed by atoms with Gasteiger partial charge in [0.2, 0.25) is 0 Å². The van der Waals surface area contributed by atoms with Gasteiger partial charge in [0.15, 0.2) is 0 Å². The Morgan fingerprint density at radius 1 is 1.47 bits per heavy atom. The average Bonchev–Trinajstić information content (AvgIpc) is 2.74. The predicted molar refractivity (Wildman–Crippen MR) is 84.0 cm³/mol. The fourth-order valence-electron chi connectivity index (χ4n) is 2.08. The Bertz CT molecular complexity index is 396. The maximum Gasteiger partial charge on any atom is 0.264 e. The van der Waals surface area contributed by atoms with Crippen molar-refractivity contribution < 1.29 is 9.53 Å². The van der Waals surface area contributed by atoms with Gasteiger partial charge in [-0.1, -0.05) is 13.8 Å². The highest BCUT2D eigenvalue weighted by molar-refractivity contribution is 9.11. The molecule has 0 aliphatic rings. The fraction of sp³-hybridized carbons (Fsp3) is 0.643. The van der Waals surface area contributed by atoms with Crippen molar-refractivity contribution in [1.82, 2.24) is 4.90 Å². The van der Waals surface area contributed by atoms with Crippen molar-refractivity contribution >= 4 is 33.2 Å². The number of methoxy groups -OCH3 is 1. The average molecular weight is 348 g/mol. The van der Waals surface area contributed by atoms with Crippen LogP contribution in [0.2, 0.25) is 0 Å². The largest absolute Gasteiger partial charge is 0.383 e. The molecule has 0 radical (unpaired) electrons. The second-order valence-electron chi connectivity index (χ2n) is 4.53. The number of halogens is 1. The van der Waals surface area contributed by atoms with Crippen LogP contribution in [-0.2, 0) is 4.74 Å². The van der Waals surface area contributed by atoms with Gasteiger partial charge in [0, 0.05) is 19.7 Å². The molecule has 0 saturated heterocycles. The van der Waals surface area contributed by atoms with Crippen LogP contribution in [0, 0.1) is 6.92 Å². The van der Waals surface area contributed by atoms with Crippen molar-refractivity contribution in [3.8, 4) is 0 Å². The summed E-state index contributed by atoms with van der Waals surface area (Å²) < 4.78 is 6.16. The third-order valence-corrected chi connectivity index (χ3v) is 5.37. The summed E-state index contributed by atoms with van der Waals surface area (Å²) in [5, 5.41) is 0. The lowest BCUT2D eigenvalue weighted by Gasteiger charge is -2.30. The molecule has 0 unspecified atom stereocenters. The molecule has 0 aromatic carbocycles. The van der Waals surface area contributed by atoms with E-state index in [9.17, 15) is 4.79 Å². The maximum atomic E-state index is 12.6. The van der Waals surface area contributed by atoms with Crippen molar-refractivity contribution in [2.45, 2.75) is 39.7 Å². The van der Waals surface area contributed by atoms with E-state index in [1.165, 1.54) is 11.3 Å². The molecule has 0 aliphatic carbocycles. The van der Waals surface area contributed by atoms with Crippen LogP contribution < -0.4 is 0 Å². The molecule has 1 heterocycles. The second-order valence-corrected chi connectivity index (χ2v) is 6.90. The van der Waals surface area contributed by atoms with Gasteiger partial charge in [0.1, 0.15) is 0 Å². The molecule has 19 heavy (non-hydrogen) atoms. The Morgan fingerprint density at radius 3 is 2.53 bits per heavy atom. The highest BCUT2D eigenvalue weighted by atomic mass is 79.9. The van der Waals surface area contributed by atoms with Gasteiger partial charge < -0.3 is 9.64 Å². The number of carbonyl (C=O) groups excluding carboxylic acids is 1. The number of amides is 1. The van der Waals surface area contributed by atoms with Crippen LogP contribution in [0.4, 0.5) is 0 Å². The molecule has 3 nitrogen and oxygen atoms in total. The maximum absolute atomic E-state index is 12.6. The van der Waals surface area contributed by atoms with E-state index in [0.717, 1.165) is 27.1 Å². The summed E-state index contributed by atoms with van der Waals surface area (Å²) in [7, 11) is 1.67. The molecule has 1 rings (SSSR count). The van der Waals surface area contributed by atoms with Gasteiger partial charge in [0.25, 0.3) is 5.91 Å². The molecule has 1 aromatic rings. The van der Waals surface area contributed by atoms with Gasteiger partial charge in [-0.2, -0.15) is 0 Å². The molecule has 0 N–H and O–H groups in total. The molecule has 5 heteroatoms. The predicted octanol–water partition coefficient (Wildman–Crippen LogP) is 4.10. The minimum absolute atomic E-state index is 0.115. The van der Waals surface area contributed by atoms with Crippen molar-refractivity contribution in [1.29, 1.82) is 0 Å². The third kappa shape index (κ3) is 4.29. The molecule has 0 spiro atoms. The van der Waals surface area contributed by atoms with E-state index < -0.39 is 0 Å². The van der Waals surface area contributed by atoms with E-state index in [2.05, 4.69) is 29.8 Å². The summed E-state index contributed by atoms with van der Waals surface area (Å²) >= 11 is 4.99. The number of hydrogen-bond donors (Lipinski definition) is 0. The Morgan fingerprint density at radius 2 is 2.11 bits per heavy atom. The molecule has 0 saturated carbocycles. The lowest BCUT2D eigenvalue weighted by atomic mass is 10.1. The molecule has 1 aromatic heterocycles. The van der Waals surface area contributed by atoms with Gasteiger partial charge in [0.05, 0.1) is 15.3 Å². The number of rotatable bonds is 7. The van der Waals surface area contributed by atoms with E-state index in [0.29, 0.717) is 13.2 Å². The third-order valence-electron chi connectivity index (χ3n) is 3.25. The van der Waals surface area contributed by atoms with Crippen molar-refractivity contribution in [3.63, 3.8) is 0 Å². The first-order valence-electron chi connectivity index (χ1n) is 6.60. The van der Waals surface area contributed by atoms with E-state index in [4.69, 9.17) is 4.74 Å². The number of aryl methyl sites for hydroxylation is 1. The minimum Gasteiger partial charge on any atom is -0.383 e. The van der Waals surface area contributed by atoms with Gasteiger partial charge in [-0.3, -0.25) is 4.79 Å². The molecule has 0 fully saturated rings. The second kappa shape index (κ2) is 8.02. The molecule has 0 bridgehead atoms. The van der Waals surface area contributed by atoms with Crippen LogP contribution in [0.25, 0.3) is 0 Å². The Hall–Kier alpha value is -0.390. The highest BCUT2D eigenvalue weighted by Crippen LogP contribution is 2.29. The van der Waals surface area contributed by atoms with E-state index >= 15 is 0 Å². The number of thiophene rings is 1.